The molecule has 0 spiro atoms. The molecule has 0 fully saturated rings. The zero-order valence-corrected chi connectivity index (χ0v) is 54.3. The van der Waals surface area contributed by atoms with Crippen molar-refractivity contribution in [2.24, 2.45) is 0 Å². The van der Waals surface area contributed by atoms with Crippen molar-refractivity contribution in [3.63, 3.8) is 0 Å². The van der Waals surface area contributed by atoms with E-state index in [9.17, 15) is 14.4 Å². The SMILES string of the molecule is CC/C=C\C/C=C\C/C=C\CCCCCC(=O)OCC(COC(=O)CCCCCCCCCCCCCCCCC/C=C\C/C=C\CCCCCCC)OC(=O)CCCCCCCCCCCCCCCCCCCCCCCCC. The first-order valence-corrected chi connectivity index (χ1v) is 35.8. The lowest BCUT2D eigenvalue weighted by molar-refractivity contribution is -0.167. The van der Waals surface area contributed by atoms with Crippen LogP contribution in [0.4, 0.5) is 0 Å². The van der Waals surface area contributed by atoms with Crippen molar-refractivity contribution >= 4 is 17.9 Å². The van der Waals surface area contributed by atoms with Crippen LogP contribution < -0.4 is 0 Å². The van der Waals surface area contributed by atoms with E-state index >= 15 is 0 Å². The predicted molar refractivity (Wildman–Crippen MR) is 353 cm³/mol. The summed E-state index contributed by atoms with van der Waals surface area (Å²) in [5.41, 5.74) is 0. The standard InChI is InChI=1S/C75H136O6/c1-4-7-10-13-16-19-22-25-27-29-31-33-35-36-37-38-40-41-43-45-47-50-53-56-59-62-65-68-74(77)80-71-72(70-79-73(76)67-64-61-58-55-52-49-24-21-18-15-12-9-6-3)81-75(78)69-66-63-60-57-54-51-48-46-44-42-39-34-32-30-28-26-23-20-17-14-11-8-5-2/h9,12,18,21-22,25,29,31,49,52,72H,4-8,10-11,13-17,19-20,23-24,26-28,30,32-48,50-51,53-71H2,1-3H3/b12-9-,21-18-,25-22-,31-29-,52-49-. The van der Waals surface area contributed by atoms with Gasteiger partial charge in [-0.1, -0.05) is 338 Å². The molecule has 0 saturated heterocycles. The van der Waals surface area contributed by atoms with Gasteiger partial charge >= 0.3 is 17.9 Å². The van der Waals surface area contributed by atoms with E-state index in [-0.39, 0.29) is 31.1 Å². The molecule has 0 amide bonds. The number of carbonyl (C=O) groups is 3. The molecule has 0 aliphatic rings. The van der Waals surface area contributed by atoms with Gasteiger partial charge in [0.1, 0.15) is 13.2 Å². The van der Waals surface area contributed by atoms with E-state index in [0.29, 0.717) is 19.3 Å². The average Bonchev–Trinajstić information content (AvgIpc) is 3.46. The second kappa shape index (κ2) is 69.6. The summed E-state index contributed by atoms with van der Waals surface area (Å²) in [6.45, 7) is 6.56. The first-order valence-electron chi connectivity index (χ1n) is 35.8. The fraction of sp³-hybridized carbons (Fsp3) is 0.827. The summed E-state index contributed by atoms with van der Waals surface area (Å²) in [7, 11) is 0. The van der Waals surface area contributed by atoms with Crippen molar-refractivity contribution in [1.29, 1.82) is 0 Å². The molecule has 0 aliphatic heterocycles. The van der Waals surface area contributed by atoms with Crippen molar-refractivity contribution < 1.29 is 28.6 Å². The Morgan fingerprint density at radius 2 is 0.481 bits per heavy atom. The van der Waals surface area contributed by atoms with Crippen LogP contribution in [0.3, 0.4) is 0 Å². The third kappa shape index (κ3) is 67.8. The van der Waals surface area contributed by atoms with E-state index in [1.165, 1.54) is 250 Å². The summed E-state index contributed by atoms with van der Waals surface area (Å²) in [4.78, 5) is 38.4. The van der Waals surface area contributed by atoms with E-state index in [1.807, 2.05) is 0 Å². The molecule has 0 aliphatic carbocycles. The van der Waals surface area contributed by atoms with Crippen LogP contribution in [-0.4, -0.2) is 37.2 Å². The lowest BCUT2D eigenvalue weighted by atomic mass is 10.0. The minimum atomic E-state index is -0.785. The van der Waals surface area contributed by atoms with E-state index < -0.39 is 6.10 Å². The first-order chi connectivity index (χ1) is 40.0. The molecule has 6 heteroatoms. The third-order valence-electron chi connectivity index (χ3n) is 16.0. The van der Waals surface area contributed by atoms with Gasteiger partial charge in [0, 0.05) is 19.3 Å². The van der Waals surface area contributed by atoms with Crippen LogP contribution in [-0.2, 0) is 28.6 Å². The van der Waals surface area contributed by atoms with Gasteiger partial charge in [0.25, 0.3) is 0 Å². The fourth-order valence-electron chi connectivity index (χ4n) is 10.7. The number of rotatable bonds is 66. The summed E-state index contributed by atoms with van der Waals surface area (Å²) in [5.74, 6) is -0.886. The lowest BCUT2D eigenvalue weighted by Crippen LogP contribution is -2.30. The summed E-state index contributed by atoms with van der Waals surface area (Å²) < 4.78 is 17.0. The number of ether oxygens (including phenoxy) is 3. The van der Waals surface area contributed by atoms with Crippen LogP contribution >= 0.6 is 0 Å². The van der Waals surface area contributed by atoms with E-state index in [0.717, 1.165) is 89.9 Å². The monoisotopic (exact) mass is 1130 g/mol. The van der Waals surface area contributed by atoms with Crippen molar-refractivity contribution in [2.75, 3.05) is 13.2 Å². The Balaban J connectivity index is 4.23. The summed E-state index contributed by atoms with van der Waals surface area (Å²) in [6, 6.07) is 0. The van der Waals surface area contributed by atoms with Gasteiger partial charge in [0.05, 0.1) is 0 Å². The lowest BCUT2D eigenvalue weighted by Gasteiger charge is -2.18. The molecule has 0 N–H and O–H groups in total. The molecular formula is C75H136O6. The van der Waals surface area contributed by atoms with Gasteiger partial charge in [-0.05, 0) is 83.5 Å². The Kier molecular flexibility index (Phi) is 67.1. The van der Waals surface area contributed by atoms with E-state index in [1.54, 1.807) is 0 Å². The topological polar surface area (TPSA) is 78.9 Å². The van der Waals surface area contributed by atoms with Crippen LogP contribution in [0.2, 0.25) is 0 Å². The van der Waals surface area contributed by atoms with Gasteiger partial charge in [-0.15, -0.1) is 0 Å². The normalized spacial score (nSPS) is 12.4. The maximum absolute atomic E-state index is 13.0. The van der Waals surface area contributed by atoms with Crippen molar-refractivity contribution in [1.82, 2.24) is 0 Å². The maximum atomic E-state index is 13.0. The van der Waals surface area contributed by atoms with Gasteiger partial charge in [-0.25, -0.2) is 0 Å². The number of unbranched alkanes of at least 4 members (excludes halogenated alkanes) is 45. The average molecular weight is 1130 g/mol. The molecule has 0 aromatic rings. The molecule has 0 bridgehead atoms. The highest BCUT2D eigenvalue weighted by atomic mass is 16.6. The smallest absolute Gasteiger partial charge is 0.306 e. The molecule has 472 valence electrons. The molecule has 0 aromatic heterocycles. The maximum Gasteiger partial charge on any atom is 0.306 e. The van der Waals surface area contributed by atoms with Crippen molar-refractivity contribution in [3.05, 3.63) is 60.8 Å². The fourth-order valence-corrected chi connectivity index (χ4v) is 10.7. The minimum absolute atomic E-state index is 0.0795. The van der Waals surface area contributed by atoms with Gasteiger partial charge < -0.3 is 14.2 Å². The highest BCUT2D eigenvalue weighted by Crippen LogP contribution is 2.18. The van der Waals surface area contributed by atoms with Gasteiger partial charge in [-0.2, -0.15) is 0 Å². The molecule has 0 radical (unpaired) electrons. The molecule has 0 heterocycles. The Bertz CT molecular complexity index is 1440. The third-order valence-corrected chi connectivity index (χ3v) is 16.0. The summed E-state index contributed by atoms with van der Waals surface area (Å²) in [6.07, 6.45) is 89.8. The van der Waals surface area contributed by atoms with Crippen molar-refractivity contribution in [3.8, 4) is 0 Å². The molecular weight excluding hydrogens is 997 g/mol. The molecule has 0 saturated carbocycles. The van der Waals surface area contributed by atoms with Gasteiger partial charge in [-0.3, -0.25) is 14.4 Å². The molecule has 1 unspecified atom stereocenters. The number of hydrogen-bond donors (Lipinski definition) is 0. The van der Waals surface area contributed by atoms with E-state index in [2.05, 4.69) is 81.5 Å². The van der Waals surface area contributed by atoms with Crippen LogP contribution in [0.1, 0.15) is 380 Å². The highest BCUT2D eigenvalue weighted by Gasteiger charge is 2.19. The zero-order valence-electron chi connectivity index (χ0n) is 54.3. The Hall–Kier alpha value is -2.89. The minimum Gasteiger partial charge on any atom is -0.462 e. The van der Waals surface area contributed by atoms with Crippen LogP contribution in [0.5, 0.6) is 0 Å². The molecule has 81 heavy (non-hydrogen) atoms. The second-order valence-electron chi connectivity index (χ2n) is 24.1. The van der Waals surface area contributed by atoms with Crippen LogP contribution in [0, 0.1) is 0 Å². The summed E-state index contributed by atoms with van der Waals surface area (Å²) >= 11 is 0. The van der Waals surface area contributed by atoms with Crippen LogP contribution in [0.25, 0.3) is 0 Å². The number of esters is 3. The molecule has 1 atom stereocenters. The number of hydrogen-bond acceptors (Lipinski definition) is 6. The Labute approximate surface area is 504 Å². The van der Waals surface area contributed by atoms with Gasteiger partial charge in [0.2, 0.25) is 0 Å². The summed E-state index contributed by atoms with van der Waals surface area (Å²) in [5, 5.41) is 0. The quantitative estimate of drug-likeness (QED) is 0.0261. The molecule has 0 aromatic carbocycles. The van der Waals surface area contributed by atoms with Crippen molar-refractivity contribution in [2.45, 2.75) is 386 Å². The Morgan fingerprint density at radius 3 is 0.765 bits per heavy atom. The second-order valence-corrected chi connectivity index (χ2v) is 24.1. The zero-order chi connectivity index (χ0) is 58.5. The number of carbonyl (C=O) groups excluding carboxylic acids is 3. The molecule has 0 rings (SSSR count). The van der Waals surface area contributed by atoms with E-state index in [4.69, 9.17) is 14.2 Å². The van der Waals surface area contributed by atoms with Gasteiger partial charge in [0.15, 0.2) is 6.10 Å². The highest BCUT2D eigenvalue weighted by molar-refractivity contribution is 5.71. The largest absolute Gasteiger partial charge is 0.462 e. The Morgan fingerprint density at radius 1 is 0.259 bits per heavy atom. The number of allylic oxidation sites excluding steroid dienone is 10. The van der Waals surface area contributed by atoms with Crippen LogP contribution in [0.15, 0.2) is 60.8 Å². The first kappa shape index (κ1) is 78.1. The predicted octanol–water partition coefficient (Wildman–Crippen LogP) is 24.7. The molecule has 6 nitrogen and oxygen atoms in total.